The molecule has 2 aromatic rings. The molecule has 19 heavy (non-hydrogen) atoms. The second kappa shape index (κ2) is 4.54. The van der Waals surface area contributed by atoms with Gasteiger partial charge >= 0.3 is 0 Å². The van der Waals surface area contributed by atoms with E-state index in [1.54, 1.807) is 0 Å². The number of aromatic nitrogens is 2. The molecular formula is C15H17N3O. The smallest absolute Gasteiger partial charge is 0.0890 e. The Kier molecular flexibility index (Phi) is 2.71. The van der Waals surface area contributed by atoms with Crippen LogP contribution in [0.1, 0.15) is 25.0 Å². The van der Waals surface area contributed by atoms with E-state index in [1.165, 1.54) is 12.8 Å². The molecule has 1 N–H and O–H groups in total. The van der Waals surface area contributed by atoms with E-state index >= 15 is 0 Å². The minimum Gasteiger partial charge on any atom is -0.373 e. The summed E-state index contributed by atoms with van der Waals surface area (Å²) in [7, 11) is 0. The van der Waals surface area contributed by atoms with Gasteiger partial charge in [-0.1, -0.05) is 12.1 Å². The molecule has 4 heteroatoms. The quantitative estimate of drug-likeness (QED) is 0.911. The number of benzene rings is 1. The lowest BCUT2D eigenvalue weighted by Gasteiger charge is -2.19. The highest BCUT2D eigenvalue weighted by Crippen LogP contribution is 2.34. The monoisotopic (exact) mass is 255 g/mol. The molecule has 98 valence electrons. The van der Waals surface area contributed by atoms with Gasteiger partial charge in [0, 0.05) is 12.6 Å². The van der Waals surface area contributed by atoms with Gasteiger partial charge in [0.2, 0.25) is 0 Å². The first-order chi connectivity index (χ1) is 9.38. The van der Waals surface area contributed by atoms with Crippen molar-refractivity contribution in [3.05, 3.63) is 36.2 Å². The van der Waals surface area contributed by atoms with E-state index in [-0.39, 0.29) is 0 Å². The average molecular weight is 255 g/mol. The largest absolute Gasteiger partial charge is 0.373 e. The number of nitrogens with zero attached hydrogens (tertiary/aromatic N) is 2. The Hall–Kier alpha value is -1.52. The van der Waals surface area contributed by atoms with Crippen LogP contribution in [0.3, 0.4) is 0 Å². The molecule has 2 aliphatic heterocycles. The molecule has 4 nitrogen and oxygen atoms in total. The van der Waals surface area contributed by atoms with Crippen molar-refractivity contribution >= 4 is 11.0 Å². The van der Waals surface area contributed by atoms with Crippen LogP contribution in [0.2, 0.25) is 0 Å². The first kappa shape index (κ1) is 11.3. The highest BCUT2D eigenvalue weighted by atomic mass is 16.5. The molecule has 3 atom stereocenters. The van der Waals surface area contributed by atoms with Crippen molar-refractivity contribution in [2.24, 2.45) is 0 Å². The number of hydrogen-bond acceptors (Lipinski definition) is 4. The maximum Gasteiger partial charge on any atom is 0.0890 e. The Labute approximate surface area is 112 Å². The molecule has 2 saturated heterocycles. The van der Waals surface area contributed by atoms with Crippen molar-refractivity contribution in [3.8, 4) is 0 Å². The Morgan fingerprint density at radius 2 is 2.11 bits per heavy atom. The molecule has 0 spiro atoms. The lowest BCUT2D eigenvalue weighted by molar-refractivity contribution is 0.0972. The third-order valence-corrected chi connectivity index (χ3v) is 4.15. The standard InChI is InChI=1S/C15H17N3O/c1-2-4-13-12(3-1)16-8-10(18-13)9-17-14-7-11-5-6-15(14)19-11/h1-4,8,11,14-15,17H,5-7,9H2. The van der Waals surface area contributed by atoms with Crippen LogP contribution in [-0.4, -0.2) is 28.2 Å². The Morgan fingerprint density at radius 3 is 2.89 bits per heavy atom. The summed E-state index contributed by atoms with van der Waals surface area (Å²) in [5, 5.41) is 3.57. The number of rotatable bonds is 3. The lowest BCUT2D eigenvalue weighted by Crippen LogP contribution is -2.37. The number of fused-ring (bicyclic) bond motifs is 3. The van der Waals surface area contributed by atoms with E-state index in [4.69, 9.17) is 4.74 Å². The number of hydrogen-bond donors (Lipinski definition) is 1. The van der Waals surface area contributed by atoms with Crippen molar-refractivity contribution in [1.82, 2.24) is 15.3 Å². The van der Waals surface area contributed by atoms with E-state index in [2.05, 4.69) is 15.3 Å². The zero-order chi connectivity index (χ0) is 12.7. The van der Waals surface area contributed by atoms with Gasteiger partial charge in [0.1, 0.15) is 0 Å². The van der Waals surface area contributed by atoms with Crippen LogP contribution in [0.25, 0.3) is 11.0 Å². The maximum atomic E-state index is 5.84. The molecule has 0 aliphatic carbocycles. The zero-order valence-electron chi connectivity index (χ0n) is 10.7. The highest BCUT2D eigenvalue weighted by molar-refractivity contribution is 5.73. The van der Waals surface area contributed by atoms with Gasteiger partial charge in [-0.3, -0.25) is 4.98 Å². The summed E-state index contributed by atoms with van der Waals surface area (Å²) in [6, 6.07) is 8.47. The van der Waals surface area contributed by atoms with Crippen LogP contribution in [0.5, 0.6) is 0 Å². The predicted octanol–water partition coefficient (Wildman–Crippen LogP) is 2.04. The lowest BCUT2D eigenvalue weighted by atomic mass is 9.95. The summed E-state index contributed by atoms with van der Waals surface area (Å²) in [6.45, 7) is 0.773. The normalized spacial score (nSPS) is 29.2. The summed E-state index contributed by atoms with van der Waals surface area (Å²) >= 11 is 0. The van der Waals surface area contributed by atoms with E-state index in [0.717, 1.165) is 29.7 Å². The summed E-state index contributed by atoms with van der Waals surface area (Å²) in [4.78, 5) is 9.07. The number of para-hydroxylation sites is 2. The fraction of sp³-hybridized carbons (Fsp3) is 0.467. The van der Waals surface area contributed by atoms with Crippen molar-refractivity contribution in [2.45, 2.75) is 44.1 Å². The fourth-order valence-electron chi connectivity index (χ4n) is 3.17. The van der Waals surface area contributed by atoms with Gasteiger partial charge in [-0.05, 0) is 31.4 Å². The van der Waals surface area contributed by atoms with Crippen LogP contribution in [0.15, 0.2) is 30.5 Å². The molecule has 0 saturated carbocycles. The predicted molar refractivity (Wildman–Crippen MR) is 72.7 cm³/mol. The Balaban J connectivity index is 1.46. The SMILES string of the molecule is c1ccc2nc(CNC3CC4CCC3O4)cnc2c1. The highest BCUT2D eigenvalue weighted by Gasteiger charge is 2.40. The average Bonchev–Trinajstić information content (AvgIpc) is 3.07. The first-order valence-electron chi connectivity index (χ1n) is 6.98. The third kappa shape index (κ3) is 2.11. The molecule has 1 aromatic carbocycles. The Morgan fingerprint density at radius 1 is 1.21 bits per heavy atom. The molecule has 2 aliphatic rings. The van der Waals surface area contributed by atoms with Gasteiger partial charge in [-0.25, -0.2) is 4.98 Å². The molecule has 0 radical (unpaired) electrons. The van der Waals surface area contributed by atoms with Crippen LogP contribution in [0.4, 0.5) is 0 Å². The summed E-state index contributed by atoms with van der Waals surface area (Å²) < 4.78 is 5.84. The first-order valence-corrected chi connectivity index (χ1v) is 6.98. The second-order valence-corrected chi connectivity index (χ2v) is 5.45. The molecule has 2 fully saturated rings. The molecule has 4 rings (SSSR count). The molecule has 3 heterocycles. The molecule has 3 unspecified atom stereocenters. The van der Waals surface area contributed by atoms with Gasteiger partial charge in [-0.2, -0.15) is 0 Å². The van der Waals surface area contributed by atoms with Crippen LogP contribution in [0, 0.1) is 0 Å². The summed E-state index contributed by atoms with van der Waals surface area (Å²) in [5.74, 6) is 0. The van der Waals surface area contributed by atoms with Crippen LogP contribution in [-0.2, 0) is 11.3 Å². The molecule has 0 amide bonds. The number of ether oxygens (including phenoxy) is 1. The minimum atomic E-state index is 0.415. The second-order valence-electron chi connectivity index (χ2n) is 5.45. The maximum absolute atomic E-state index is 5.84. The number of nitrogens with one attached hydrogen (secondary N) is 1. The molecule has 1 aromatic heterocycles. The van der Waals surface area contributed by atoms with Gasteiger partial charge in [0.25, 0.3) is 0 Å². The van der Waals surface area contributed by atoms with Crippen LogP contribution < -0.4 is 5.32 Å². The van der Waals surface area contributed by atoms with Crippen molar-refractivity contribution in [1.29, 1.82) is 0 Å². The fourth-order valence-corrected chi connectivity index (χ4v) is 3.17. The molecular weight excluding hydrogens is 238 g/mol. The van der Waals surface area contributed by atoms with Crippen molar-refractivity contribution in [2.75, 3.05) is 0 Å². The zero-order valence-corrected chi connectivity index (χ0v) is 10.7. The topological polar surface area (TPSA) is 47.0 Å². The third-order valence-electron chi connectivity index (χ3n) is 4.15. The van der Waals surface area contributed by atoms with Gasteiger partial charge in [0.15, 0.2) is 0 Å². The Bertz CT molecular complexity index is 601. The van der Waals surface area contributed by atoms with Gasteiger partial charge < -0.3 is 10.1 Å². The van der Waals surface area contributed by atoms with Crippen molar-refractivity contribution < 1.29 is 4.74 Å². The van der Waals surface area contributed by atoms with Crippen LogP contribution >= 0.6 is 0 Å². The van der Waals surface area contributed by atoms with E-state index in [1.807, 2.05) is 30.5 Å². The van der Waals surface area contributed by atoms with Gasteiger partial charge in [-0.15, -0.1) is 0 Å². The van der Waals surface area contributed by atoms with E-state index in [9.17, 15) is 0 Å². The van der Waals surface area contributed by atoms with Gasteiger partial charge in [0.05, 0.1) is 35.1 Å². The summed E-state index contributed by atoms with van der Waals surface area (Å²) in [5.41, 5.74) is 2.92. The summed E-state index contributed by atoms with van der Waals surface area (Å²) in [6.07, 6.45) is 6.35. The van der Waals surface area contributed by atoms with E-state index in [0.29, 0.717) is 18.2 Å². The molecule has 2 bridgehead atoms. The minimum absolute atomic E-state index is 0.415. The van der Waals surface area contributed by atoms with E-state index < -0.39 is 0 Å². The van der Waals surface area contributed by atoms with Crippen molar-refractivity contribution in [3.63, 3.8) is 0 Å².